The summed E-state index contributed by atoms with van der Waals surface area (Å²) in [6, 6.07) is 5.70. The van der Waals surface area contributed by atoms with Crippen LogP contribution in [0.25, 0.3) is 0 Å². The Kier molecular flexibility index (Phi) is 7.45. The van der Waals surface area contributed by atoms with E-state index in [0.29, 0.717) is 52.6 Å². The molecular weight excluding hydrogens is 518 g/mol. The smallest absolute Gasteiger partial charge is 0.157 e. The molecule has 5 fully saturated rings. The molecule has 0 aromatic heterocycles. The molecule has 0 heterocycles. The van der Waals surface area contributed by atoms with E-state index in [-0.39, 0.29) is 22.3 Å². The van der Waals surface area contributed by atoms with Crippen molar-refractivity contribution < 1.29 is 15.3 Å². The first-order valence-electron chi connectivity index (χ1n) is 17.2. The Balaban J connectivity index is 1.22. The van der Waals surface area contributed by atoms with Gasteiger partial charge in [-0.2, -0.15) is 0 Å². The van der Waals surface area contributed by atoms with Crippen molar-refractivity contribution in [3.05, 3.63) is 35.9 Å². The van der Waals surface area contributed by atoms with Crippen molar-refractivity contribution in [1.82, 2.24) is 5.32 Å². The molecule has 0 radical (unpaired) electrons. The molecule has 4 heteroatoms. The molecule has 1 aromatic rings. The molecule has 1 unspecified atom stereocenters. The highest BCUT2D eigenvalue weighted by molar-refractivity contribution is 5.40. The molecule has 1 aromatic carbocycles. The fourth-order valence-electron chi connectivity index (χ4n) is 13.0. The highest BCUT2D eigenvalue weighted by Crippen LogP contribution is 2.77. The van der Waals surface area contributed by atoms with Crippen LogP contribution in [0.4, 0.5) is 0 Å². The van der Waals surface area contributed by atoms with E-state index < -0.39 is 0 Å². The Morgan fingerprint density at radius 1 is 0.857 bits per heavy atom. The van der Waals surface area contributed by atoms with Crippen molar-refractivity contribution in [3.8, 4) is 11.5 Å². The summed E-state index contributed by atoms with van der Waals surface area (Å²) in [7, 11) is 0. The lowest BCUT2D eigenvalue weighted by Gasteiger charge is -2.73. The number of hydrogen-bond donors (Lipinski definition) is 4. The van der Waals surface area contributed by atoms with Crippen LogP contribution in [0.15, 0.2) is 30.4 Å². The maximum atomic E-state index is 10.8. The van der Waals surface area contributed by atoms with Crippen LogP contribution in [0, 0.1) is 56.7 Å². The lowest BCUT2D eigenvalue weighted by atomic mass is 9.32. The summed E-state index contributed by atoms with van der Waals surface area (Å²) in [6.45, 7) is 21.2. The van der Waals surface area contributed by atoms with Gasteiger partial charge in [0.15, 0.2) is 11.5 Å². The fourth-order valence-corrected chi connectivity index (χ4v) is 13.0. The molecule has 5 aliphatic rings. The maximum Gasteiger partial charge on any atom is 0.157 e. The Hall–Kier alpha value is -1.52. The molecule has 5 saturated carbocycles. The van der Waals surface area contributed by atoms with Crippen LogP contribution in [-0.2, 0) is 6.42 Å². The van der Waals surface area contributed by atoms with Crippen molar-refractivity contribution in [2.45, 2.75) is 118 Å². The molecule has 0 aliphatic heterocycles. The molecule has 6 rings (SSSR count). The van der Waals surface area contributed by atoms with Crippen molar-refractivity contribution in [1.29, 1.82) is 0 Å². The van der Waals surface area contributed by atoms with Crippen molar-refractivity contribution in [2.75, 3.05) is 13.2 Å². The minimum atomic E-state index is -0.0496. The molecule has 5 aliphatic carbocycles. The van der Waals surface area contributed by atoms with Gasteiger partial charge < -0.3 is 20.6 Å². The Morgan fingerprint density at radius 2 is 1.62 bits per heavy atom. The highest BCUT2D eigenvalue weighted by Gasteiger charge is 2.70. The second kappa shape index (κ2) is 10.3. The van der Waals surface area contributed by atoms with Crippen LogP contribution in [0.5, 0.6) is 11.5 Å². The average molecular weight is 578 g/mol. The zero-order valence-corrected chi connectivity index (χ0v) is 27.4. The van der Waals surface area contributed by atoms with Gasteiger partial charge >= 0.3 is 0 Å². The quantitative estimate of drug-likeness (QED) is 0.203. The third-order valence-electron chi connectivity index (χ3n) is 15.4. The van der Waals surface area contributed by atoms with E-state index in [1.54, 1.807) is 12.1 Å². The van der Waals surface area contributed by atoms with Crippen molar-refractivity contribution in [3.63, 3.8) is 0 Å². The number of aliphatic hydroxyl groups is 1. The number of aromatic hydroxyl groups is 2. The van der Waals surface area contributed by atoms with Crippen molar-refractivity contribution >= 4 is 0 Å². The molecule has 0 spiro atoms. The summed E-state index contributed by atoms with van der Waals surface area (Å²) in [6.07, 6.45) is 13.6. The zero-order valence-electron chi connectivity index (χ0n) is 27.4. The van der Waals surface area contributed by atoms with Crippen LogP contribution in [0.2, 0.25) is 0 Å². The van der Waals surface area contributed by atoms with Gasteiger partial charge in [-0.15, -0.1) is 0 Å². The lowest BCUT2D eigenvalue weighted by Crippen LogP contribution is -2.67. The standard InChI is InChI=1S/C38H59NO3/c1-24(2)26-12-18-38(23-40)20-19-36(6)27(33(26)38)9-11-31-35(5)16-14-32(34(3,4)30(35)13-17-37(31,36)7)39-21-15-25-8-10-28(41)29(42)22-25/h8,10,22,26-27,30-33,39-42H,1,9,11-21,23H2,2-7H3/t26-,27+,30-,31+,32?,33+,35-,36+,37+,38+/m0/s1. The number of phenolic OH excluding ortho intramolecular Hbond substituents is 2. The number of aliphatic hydroxyl groups excluding tert-OH is 1. The van der Waals surface area contributed by atoms with Gasteiger partial charge in [0, 0.05) is 12.6 Å². The third-order valence-corrected chi connectivity index (χ3v) is 15.4. The van der Waals surface area contributed by atoms with E-state index in [9.17, 15) is 15.3 Å². The monoisotopic (exact) mass is 577 g/mol. The van der Waals surface area contributed by atoms with Crippen LogP contribution >= 0.6 is 0 Å². The third kappa shape index (κ3) is 4.20. The lowest BCUT2D eigenvalue weighted by molar-refractivity contribution is -0.241. The maximum absolute atomic E-state index is 10.8. The molecule has 0 bridgehead atoms. The average Bonchev–Trinajstić information content (AvgIpc) is 3.33. The number of phenols is 2. The minimum absolute atomic E-state index is 0.0296. The predicted octanol–water partition coefficient (Wildman–Crippen LogP) is 8.25. The SMILES string of the molecule is C=C(C)[C@@H]1CC[C@]2(CO)CC[C@]3(C)[C@H](CC[C@@H]4[C@@]5(C)CCC(NCCc6ccc(O)c(O)c6)C(C)(C)[C@@H]5CC[C@]43C)[C@@H]12. The van der Waals surface area contributed by atoms with E-state index in [1.165, 1.54) is 69.8 Å². The first-order chi connectivity index (χ1) is 19.7. The second-order valence-electron chi connectivity index (χ2n) is 17.1. The molecule has 0 saturated heterocycles. The normalized spacial score (nSPS) is 45.8. The van der Waals surface area contributed by atoms with E-state index in [2.05, 4.69) is 53.4 Å². The number of allylic oxidation sites excluding steroid dienone is 1. The van der Waals surface area contributed by atoms with Crippen LogP contribution < -0.4 is 5.32 Å². The summed E-state index contributed by atoms with van der Waals surface area (Å²) in [5.74, 6) is 3.28. The summed E-state index contributed by atoms with van der Waals surface area (Å²) < 4.78 is 0. The largest absolute Gasteiger partial charge is 0.504 e. The van der Waals surface area contributed by atoms with Gasteiger partial charge in [-0.1, -0.05) is 52.8 Å². The number of hydrogen-bond acceptors (Lipinski definition) is 4. The number of benzene rings is 1. The zero-order chi connectivity index (χ0) is 30.3. The van der Waals surface area contributed by atoms with Gasteiger partial charge in [0.25, 0.3) is 0 Å². The van der Waals surface area contributed by atoms with Gasteiger partial charge in [-0.25, -0.2) is 0 Å². The van der Waals surface area contributed by atoms with Crippen LogP contribution in [0.3, 0.4) is 0 Å². The summed E-state index contributed by atoms with van der Waals surface area (Å²) >= 11 is 0. The minimum Gasteiger partial charge on any atom is -0.504 e. The number of fused-ring (bicyclic) bond motifs is 7. The summed E-state index contributed by atoms with van der Waals surface area (Å²) in [5, 5.41) is 34.3. The van der Waals surface area contributed by atoms with Gasteiger partial charge in [0.05, 0.1) is 0 Å². The van der Waals surface area contributed by atoms with Gasteiger partial charge in [0.2, 0.25) is 0 Å². The Morgan fingerprint density at radius 3 is 2.31 bits per heavy atom. The number of rotatable bonds is 6. The van der Waals surface area contributed by atoms with E-state index in [1.807, 2.05) is 6.07 Å². The Bertz CT molecular complexity index is 1210. The molecule has 234 valence electrons. The van der Waals surface area contributed by atoms with Gasteiger partial charge in [-0.3, -0.25) is 0 Å². The highest BCUT2D eigenvalue weighted by atomic mass is 16.3. The van der Waals surface area contributed by atoms with E-state index >= 15 is 0 Å². The van der Waals surface area contributed by atoms with Gasteiger partial charge in [0.1, 0.15) is 0 Å². The van der Waals surface area contributed by atoms with Crippen LogP contribution in [0.1, 0.15) is 111 Å². The predicted molar refractivity (Wildman–Crippen MR) is 171 cm³/mol. The van der Waals surface area contributed by atoms with Crippen molar-refractivity contribution in [2.24, 2.45) is 56.7 Å². The molecule has 0 amide bonds. The summed E-state index contributed by atoms with van der Waals surface area (Å²) in [5.41, 5.74) is 3.81. The van der Waals surface area contributed by atoms with E-state index in [4.69, 9.17) is 0 Å². The van der Waals surface area contributed by atoms with Gasteiger partial charge in [-0.05, 0) is 158 Å². The first kappa shape index (κ1) is 30.5. The summed E-state index contributed by atoms with van der Waals surface area (Å²) in [4.78, 5) is 0. The van der Waals surface area contributed by atoms with Crippen LogP contribution in [-0.4, -0.2) is 34.5 Å². The molecule has 4 nitrogen and oxygen atoms in total. The molecule has 10 atom stereocenters. The number of nitrogens with one attached hydrogen (secondary N) is 1. The second-order valence-corrected chi connectivity index (χ2v) is 17.1. The Labute approximate surface area is 255 Å². The topological polar surface area (TPSA) is 72.7 Å². The first-order valence-corrected chi connectivity index (χ1v) is 17.2. The molecule has 4 N–H and O–H groups in total. The van der Waals surface area contributed by atoms with E-state index in [0.717, 1.165) is 24.4 Å². The fraction of sp³-hybridized carbons (Fsp3) is 0.789. The molecular formula is C38H59NO3. The molecule has 42 heavy (non-hydrogen) atoms.